The van der Waals surface area contributed by atoms with Crippen LogP contribution in [-0.2, 0) is 27.7 Å². The Hall–Kier alpha value is -2.28. The molecule has 1 fully saturated rings. The lowest BCUT2D eigenvalue weighted by atomic mass is 10.2. The number of ether oxygens (including phenoxy) is 2. The molecule has 1 aromatic carbocycles. The molecule has 0 amide bonds. The second kappa shape index (κ2) is 7.09. The van der Waals surface area contributed by atoms with Crippen molar-refractivity contribution in [1.29, 1.82) is 0 Å². The number of aromatic nitrogens is 2. The highest BCUT2D eigenvalue weighted by Gasteiger charge is 2.18. The van der Waals surface area contributed by atoms with Crippen LogP contribution in [-0.4, -0.2) is 56.0 Å². The van der Waals surface area contributed by atoms with E-state index in [4.69, 9.17) is 14.5 Å². The molecule has 1 aliphatic heterocycles. The summed E-state index contributed by atoms with van der Waals surface area (Å²) in [6.07, 6.45) is 0.905. The van der Waals surface area contributed by atoms with E-state index in [9.17, 15) is 4.79 Å². The highest BCUT2D eigenvalue weighted by molar-refractivity contribution is 5.89. The summed E-state index contributed by atoms with van der Waals surface area (Å²) in [6.45, 7) is 3.24. The maximum Gasteiger partial charge on any atom is 0.305 e. The third-order valence-electron chi connectivity index (χ3n) is 4.49. The number of aryl methyl sites for hydroxylation is 2. The maximum absolute atomic E-state index is 11.4. The second-order valence-corrected chi connectivity index (χ2v) is 5.87. The van der Waals surface area contributed by atoms with Crippen molar-refractivity contribution in [1.82, 2.24) is 9.55 Å². The zero-order valence-electron chi connectivity index (χ0n) is 14.5. The van der Waals surface area contributed by atoms with Crippen molar-refractivity contribution in [3.05, 3.63) is 18.0 Å². The number of morpholine rings is 1. The Bertz CT molecular complexity index is 735. The fourth-order valence-electron chi connectivity index (χ4n) is 3.08. The van der Waals surface area contributed by atoms with Crippen molar-refractivity contribution in [3.63, 3.8) is 0 Å². The van der Waals surface area contributed by atoms with Gasteiger partial charge in [-0.3, -0.25) is 4.79 Å². The largest absolute Gasteiger partial charge is 0.469 e. The molecule has 0 atom stereocenters. The Morgan fingerprint density at radius 2 is 2.12 bits per heavy atom. The number of fused-ring (bicyclic) bond motifs is 1. The zero-order chi connectivity index (χ0) is 17.1. The average molecular weight is 332 g/mol. The number of carbonyl (C=O) groups excluding carboxylic acids is 1. The first-order chi connectivity index (χ1) is 11.6. The van der Waals surface area contributed by atoms with Crippen molar-refractivity contribution in [2.24, 2.45) is 7.05 Å². The number of esters is 1. The summed E-state index contributed by atoms with van der Waals surface area (Å²) in [4.78, 5) is 18.4. The van der Waals surface area contributed by atoms with Gasteiger partial charge in [-0.2, -0.15) is 0 Å². The number of carbonyl (C=O) groups is 1. The number of methoxy groups -OCH3 is 1. The van der Waals surface area contributed by atoms with Gasteiger partial charge in [0.25, 0.3) is 0 Å². The van der Waals surface area contributed by atoms with Gasteiger partial charge in [0, 0.05) is 33.6 Å². The van der Waals surface area contributed by atoms with Crippen LogP contribution in [0.5, 0.6) is 0 Å². The van der Waals surface area contributed by atoms with Gasteiger partial charge in [0.05, 0.1) is 49.2 Å². The summed E-state index contributed by atoms with van der Waals surface area (Å²) < 4.78 is 12.2. The second-order valence-electron chi connectivity index (χ2n) is 5.87. The molecule has 1 aliphatic rings. The number of hydrogen-bond donors (Lipinski definition) is 1. The molecule has 0 radical (unpaired) electrons. The number of anilines is 2. The molecule has 1 saturated heterocycles. The quantitative estimate of drug-likeness (QED) is 0.838. The summed E-state index contributed by atoms with van der Waals surface area (Å²) in [6, 6.07) is 4.24. The van der Waals surface area contributed by atoms with Crippen LogP contribution in [0, 0.1) is 0 Å². The van der Waals surface area contributed by atoms with E-state index in [1.807, 2.05) is 18.7 Å². The highest BCUT2D eigenvalue weighted by Crippen LogP contribution is 2.32. The standard InChI is InChI=1S/C17H24N4O3/c1-18-12-10-14-13(11-15(12)21-6-8-24-9-7-21)19-16(20(14)2)4-5-17(22)23-3/h10-11,18H,4-9H2,1-3H3. The third-order valence-corrected chi connectivity index (χ3v) is 4.49. The Balaban J connectivity index is 1.95. The van der Waals surface area contributed by atoms with Crippen LogP contribution in [0.25, 0.3) is 11.0 Å². The maximum atomic E-state index is 11.4. The summed E-state index contributed by atoms with van der Waals surface area (Å²) in [5.41, 5.74) is 4.21. The van der Waals surface area contributed by atoms with Gasteiger partial charge in [-0.15, -0.1) is 0 Å². The lowest BCUT2D eigenvalue weighted by Gasteiger charge is -2.30. The number of hydrogen-bond acceptors (Lipinski definition) is 6. The monoisotopic (exact) mass is 332 g/mol. The van der Waals surface area contributed by atoms with Crippen molar-refractivity contribution in [3.8, 4) is 0 Å². The minimum atomic E-state index is -0.216. The highest BCUT2D eigenvalue weighted by atomic mass is 16.5. The molecule has 24 heavy (non-hydrogen) atoms. The summed E-state index contributed by atoms with van der Waals surface area (Å²) in [5.74, 6) is 0.670. The zero-order valence-corrected chi connectivity index (χ0v) is 14.5. The van der Waals surface area contributed by atoms with E-state index >= 15 is 0 Å². The van der Waals surface area contributed by atoms with E-state index in [2.05, 4.69) is 22.3 Å². The van der Waals surface area contributed by atoms with E-state index in [1.165, 1.54) is 7.11 Å². The molecule has 2 aromatic rings. The van der Waals surface area contributed by atoms with Gasteiger partial charge in [-0.1, -0.05) is 0 Å². The summed E-state index contributed by atoms with van der Waals surface area (Å²) in [7, 11) is 5.32. The first-order valence-corrected chi connectivity index (χ1v) is 8.20. The normalized spacial score (nSPS) is 14.9. The number of imidazole rings is 1. The van der Waals surface area contributed by atoms with Crippen molar-refractivity contribution >= 4 is 28.4 Å². The molecule has 1 N–H and O–H groups in total. The first-order valence-electron chi connectivity index (χ1n) is 8.20. The molecule has 0 aliphatic carbocycles. The first kappa shape index (κ1) is 16.6. The van der Waals surface area contributed by atoms with E-state index in [0.29, 0.717) is 12.8 Å². The molecule has 1 aromatic heterocycles. The van der Waals surface area contributed by atoms with Gasteiger partial charge < -0.3 is 24.3 Å². The summed E-state index contributed by atoms with van der Waals surface area (Å²) in [5, 5.41) is 3.28. The SMILES string of the molecule is CNc1cc2c(cc1N1CCOCC1)nc(CCC(=O)OC)n2C. The molecule has 7 heteroatoms. The third kappa shape index (κ3) is 3.17. The van der Waals surface area contributed by atoms with Gasteiger partial charge in [0.2, 0.25) is 0 Å². The fraction of sp³-hybridized carbons (Fsp3) is 0.529. The number of benzene rings is 1. The van der Waals surface area contributed by atoms with Crippen LogP contribution in [0.3, 0.4) is 0 Å². The Morgan fingerprint density at radius 1 is 1.38 bits per heavy atom. The molecular weight excluding hydrogens is 308 g/mol. The van der Waals surface area contributed by atoms with Crippen LogP contribution in [0.1, 0.15) is 12.2 Å². The van der Waals surface area contributed by atoms with E-state index in [0.717, 1.165) is 54.5 Å². The predicted molar refractivity (Wildman–Crippen MR) is 93.6 cm³/mol. The topological polar surface area (TPSA) is 68.6 Å². The summed E-state index contributed by atoms with van der Waals surface area (Å²) >= 11 is 0. The average Bonchev–Trinajstić information content (AvgIpc) is 2.94. The van der Waals surface area contributed by atoms with Crippen LogP contribution in [0.15, 0.2) is 12.1 Å². The predicted octanol–water partition coefficient (Wildman–Crippen LogP) is 1.56. The molecule has 3 rings (SSSR count). The minimum absolute atomic E-state index is 0.216. The minimum Gasteiger partial charge on any atom is -0.469 e. The van der Waals surface area contributed by atoms with Crippen LogP contribution in [0.4, 0.5) is 11.4 Å². The number of nitrogens with zero attached hydrogens (tertiary/aromatic N) is 3. The van der Waals surface area contributed by atoms with Crippen LogP contribution in [0.2, 0.25) is 0 Å². The molecule has 0 saturated carbocycles. The van der Waals surface area contributed by atoms with Gasteiger partial charge in [0.15, 0.2) is 0 Å². The molecule has 2 heterocycles. The Morgan fingerprint density at radius 3 is 2.79 bits per heavy atom. The van der Waals surface area contributed by atoms with Gasteiger partial charge in [0.1, 0.15) is 5.82 Å². The van der Waals surface area contributed by atoms with Crippen molar-refractivity contribution in [2.45, 2.75) is 12.8 Å². The van der Waals surface area contributed by atoms with E-state index < -0.39 is 0 Å². The smallest absolute Gasteiger partial charge is 0.305 e. The van der Waals surface area contributed by atoms with Gasteiger partial charge in [-0.05, 0) is 12.1 Å². The molecule has 0 unspecified atom stereocenters. The lowest BCUT2D eigenvalue weighted by molar-refractivity contribution is -0.140. The lowest BCUT2D eigenvalue weighted by Crippen LogP contribution is -2.36. The molecule has 7 nitrogen and oxygen atoms in total. The van der Waals surface area contributed by atoms with Crippen molar-refractivity contribution < 1.29 is 14.3 Å². The van der Waals surface area contributed by atoms with Crippen molar-refractivity contribution in [2.75, 3.05) is 50.7 Å². The molecular formula is C17H24N4O3. The molecule has 0 spiro atoms. The molecule has 0 bridgehead atoms. The van der Waals surface area contributed by atoms with E-state index in [-0.39, 0.29) is 5.97 Å². The Labute approximate surface area is 141 Å². The number of nitrogens with one attached hydrogen (secondary N) is 1. The van der Waals surface area contributed by atoms with E-state index in [1.54, 1.807) is 0 Å². The fourth-order valence-corrected chi connectivity index (χ4v) is 3.08. The van der Waals surface area contributed by atoms with Crippen LogP contribution >= 0.6 is 0 Å². The molecule has 130 valence electrons. The Kier molecular flexibility index (Phi) is 4.89. The number of rotatable bonds is 5. The van der Waals surface area contributed by atoms with Gasteiger partial charge in [-0.25, -0.2) is 4.98 Å². The van der Waals surface area contributed by atoms with Gasteiger partial charge >= 0.3 is 5.97 Å². The van der Waals surface area contributed by atoms with Crippen LogP contribution < -0.4 is 10.2 Å².